The second-order valence-corrected chi connectivity index (χ2v) is 6.68. The zero-order chi connectivity index (χ0) is 16.4. The van der Waals surface area contributed by atoms with Crippen molar-refractivity contribution < 1.29 is 4.79 Å². The Morgan fingerprint density at radius 2 is 1.42 bits per heavy atom. The van der Waals surface area contributed by atoms with E-state index < -0.39 is 5.54 Å². The van der Waals surface area contributed by atoms with E-state index in [9.17, 15) is 4.79 Å². The van der Waals surface area contributed by atoms with Gasteiger partial charge in [0, 0.05) is 6.04 Å². The van der Waals surface area contributed by atoms with Crippen molar-refractivity contribution in [3.8, 4) is 0 Å². The Balaban J connectivity index is 1.74. The van der Waals surface area contributed by atoms with Crippen LogP contribution in [0.1, 0.15) is 24.0 Å². The van der Waals surface area contributed by atoms with E-state index >= 15 is 0 Å². The van der Waals surface area contributed by atoms with Crippen LogP contribution in [0.5, 0.6) is 0 Å². The van der Waals surface area contributed by atoms with Gasteiger partial charge in [0.1, 0.15) is 5.54 Å². The van der Waals surface area contributed by atoms with Crippen molar-refractivity contribution in [1.29, 1.82) is 0 Å². The molecule has 24 heavy (non-hydrogen) atoms. The van der Waals surface area contributed by atoms with Gasteiger partial charge in [-0.05, 0) is 37.1 Å². The highest BCUT2D eigenvalue weighted by molar-refractivity contribution is 5.80. The van der Waals surface area contributed by atoms with Gasteiger partial charge in [-0.15, -0.1) is 0 Å². The van der Waals surface area contributed by atoms with Crippen LogP contribution < -0.4 is 10.6 Å². The second-order valence-electron chi connectivity index (χ2n) is 6.68. The molecule has 2 aliphatic heterocycles. The number of urea groups is 1. The van der Waals surface area contributed by atoms with E-state index in [1.54, 1.807) is 0 Å². The van der Waals surface area contributed by atoms with E-state index in [0.29, 0.717) is 12.6 Å². The average molecular weight is 321 g/mol. The summed E-state index contributed by atoms with van der Waals surface area (Å²) in [6.45, 7) is 2.65. The number of rotatable bonds is 3. The number of carbonyl (C=O) groups is 1. The molecule has 2 saturated heterocycles. The first-order valence-corrected chi connectivity index (χ1v) is 8.70. The zero-order valence-corrected chi connectivity index (χ0v) is 13.7. The number of carbonyl (C=O) groups excluding carboxylic acids is 1. The lowest BCUT2D eigenvalue weighted by Gasteiger charge is -2.33. The van der Waals surface area contributed by atoms with E-state index in [1.807, 2.05) is 41.3 Å². The summed E-state index contributed by atoms with van der Waals surface area (Å²) in [5.74, 6) is 0. The maximum atomic E-state index is 12.8. The van der Waals surface area contributed by atoms with Crippen molar-refractivity contribution >= 4 is 6.03 Å². The van der Waals surface area contributed by atoms with E-state index in [-0.39, 0.29) is 6.03 Å². The predicted molar refractivity (Wildman–Crippen MR) is 94.8 cm³/mol. The van der Waals surface area contributed by atoms with Crippen LogP contribution in [0.3, 0.4) is 0 Å². The van der Waals surface area contributed by atoms with Crippen molar-refractivity contribution in [2.75, 3.05) is 19.6 Å². The maximum Gasteiger partial charge on any atom is 0.318 e. The fraction of sp³-hybridized carbons (Fsp3) is 0.350. The highest BCUT2D eigenvalue weighted by atomic mass is 16.2. The lowest BCUT2D eigenvalue weighted by molar-refractivity contribution is 0.180. The lowest BCUT2D eigenvalue weighted by Crippen LogP contribution is -2.44. The number of nitrogens with one attached hydrogen (secondary N) is 2. The summed E-state index contributed by atoms with van der Waals surface area (Å²) in [5.41, 5.74) is 1.81. The molecular formula is C20H23N3O. The van der Waals surface area contributed by atoms with Crippen molar-refractivity contribution in [2.24, 2.45) is 0 Å². The van der Waals surface area contributed by atoms with E-state index in [2.05, 4.69) is 34.9 Å². The molecule has 2 aromatic carbocycles. The summed E-state index contributed by atoms with van der Waals surface area (Å²) in [4.78, 5) is 14.9. The summed E-state index contributed by atoms with van der Waals surface area (Å²) in [5, 5.41) is 6.69. The standard InChI is InChI=1S/C20H23N3O/c24-19-22-20(16-7-3-1-4-8-16,17-9-5-2-6-10-17)15-23(19)18-11-13-21-14-12-18/h1-10,18,21H,11-15H2,(H,22,24). The van der Waals surface area contributed by atoms with Crippen molar-refractivity contribution in [1.82, 2.24) is 15.5 Å². The van der Waals surface area contributed by atoms with Gasteiger partial charge < -0.3 is 15.5 Å². The van der Waals surface area contributed by atoms with Crippen LogP contribution in [0, 0.1) is 0 Å². The fourth-order valence-corrected chi connectivity index (χ4v) is 3.97. The molecule has 2 aliphatic rings. The topological polar surface area (TPSA) is 44.4 Å². The number of benzene rings is 2. The Hall–Kier alpha value is -2.33. The molecule has 2 aromatic rings. The van der Waals surface area contributed by atoms with Gasteiger partial charge in [-0.2, -0.15) is 0 Å². The quantitative estimate of drug-likeness (QED) is 0.913. The average Bonchev–Trinajstić information content (AvgIpc) is 3.03. The minimum absolute atomic E-state index is 0.0506. The van der Waals surface area contributed by atoms with Gasteiger partial charge in [0.2, 0.25) is 0 Å². The number of amides is 2. The molecule has 4 rings (SSSR count). The van der Waals surface area contributed by atoms with Crippen molar-refractivity contribution in [3.05, 3.63) is 71.8 Å². The van der Waals surface area contributed by atoms with E-state index in [1.165, 1.54) is 0 Å². The van der Waals surface area contributed by atoms with Crippen LogP contribution >= 0.6 is 0 Å². The molecule has 2 heterocycles. The Morgan fingerprint density at radius 3 is 1.96 bits per heavy atom. The first kappa shape index (κ1) is 15.2. The summed E-state index contributed by atoms with van der Waals surface area (Å²) >= 11 is 0. The molecule has 4 nitrogen and oxygen atoms in total. The van der Waals surface area contributed by atoms with E-state index in [0.717, 1.165) is 37.1 Å². The molecule has 0 aliphatic carbocycles. The molecule has 4 heteroatoms. The molecule has 2 N–H and O–H groups in total. The van der Waals surface area contributed by atoms with Crippen LogP contribution in [0.25, 0.3) is 0 Å². The van der Waals surface area contributed by atoms with Gasteiger partial charge in [-0.1, -0.05) is 60.7 Å². The van der Waals surface area contributed by atoms with Crippen LogP contribution in [0.2, 0.25) is 0 Å². The monoisotopic (exact) mass is 321 g/mol. The lowest BCUT2D eigenvalue weighted by atomic mass is 9.83. The van der Waals surface area contributed by atoms with E-state index in [4.69, 9.17) is 0 Å². The van der Waals surface area contributed by atoms with Crippen LogP contribution in [0.15, 0.2) is 60.7 Å². The number of hydrogen-bond donors (Lipinski definition) is 2. The second kappa shape index (κ2) is 6.29. The molecule has 0 unspecified atom stereocenters. The molecular weight excluding hydrogens is 298 g/mol. The molecule has 124 valence electrons. The molecule has 0 spiro atoms. The highest BCUT2D eigenvalue weighted by Gasteiger charge is 2.47. The van der Waals surface area contributed by atoms with Crippen LogP contribution in [-0.4, -0.2) is 36.6 Å². The molecule has 0 radical (unpaired) electrons. The summed E-state index contributed by atoms with van der Waals surface area (Å²) < 4.78 is 0. The van der Waals surface area contributed by atoms with Gasteiger partial charge in [0.15, 0.2) is 0 Å². The predicted octanol–water partition coefficient (Wildman–Crippen LogP) is 2.71. The van der Waals surface area contributed by atoms with Gasteiger partial charge in [-0.25, -0.2) is 4.79 Å². The minimum Gasteiger partial charge on any atom is -0.323 e. The Kier molecular flexibility index (Phi) is 3.98. The smallest absolute Gasteiger partial charge is 0.318 e. The number of hydrogen-bond acceptors (Lipinski definition) is 2. The summed E-state index contributed by atoms with van der Waals surface area (Å²) in [6.07, 6.45) is 2.04. The molecule has 0 saturated carbocycles. The SMILES string of the molecule is O=C1NC(c2ccccc2)(c2ccccc2)CN1C1CCNCC1. The van der Waals surface area contributed by atoms with Crippen LogP contribution in [0.4, 0.5) is 4.79 Å². The molecule has 0 bridgehead atoms. The van der Waals surface area contributed by atoms with Crippen molar-refractivity contribution in [2.45, 2.75) is 24.4 Å². The van der Waals surface area contributed by atoms with Gasteiger partial charge in [0.25, 0.3) is 0 Å². The van der Waals surface area contributed by atoms with Crippen molar-refractivity contribution in [3.63, 3.8) is 0 Å². The third kappa shape index (κ3) is 2.57. The summed E-state index contributed by atoms with van der Waals surface area (Å²) in [6, 6.07) is 21.0. The minimum atomic E-state index is -0.468. The first-order chi connectivity index (χ1) is 11.8. The zero-order valence-electron chi connectivity index (χ0n) is 13.7. The summed E-state index contributed by atoms with van der Waals surface area (Å²) in [7, 11) is 0. The van der Waals surface area contributed by atoms with Crippen LogP contribution in [-0.2, 0) is 5.54 Å². The number of piperidine rings is 1. The third-order valence-corrected chi connectivity index (χ3v) is 5.27. The Bertz CT molecular complexity index is 656. The molecule has 0 aromatic heterocycles. The molecule has 2 amide bonds. The molecule has 2 fully saturated rings. The highest BCUT2D eigenvalue weighted by Crippen LogP contribution is 2.36. The van der Waals surface area contributed by atoms with Gasteiger partial charge >= 0.3 is 6.03 Å². The fourth-order valence-electron chi connectivity index (χ4n) is 3.97. The number of nitrogens with zero attached hydrogens (tertiary/aromatic N) is 1. The third-order valence-electron chi connectivity index (χ3n) is 5.27. The van der Waals surface area contributed by atoms with Gasteiger partial charge in [0.05, 0.1) is 6.54 Å². The first-order valence-electron chi connectivity index (χ1n) is 8.70. The largest absolute Gasteiger partial charge is 0.323 e. The normalized spacial score (nSPS) is 20.8. The Morgan fingerprint density at radius 1 is 0.875 bits per heavy atom. The maximum absolute atomic E-state index is 12.8. The Labute approximate surface area is 142 Å². The molecule has 0 atom stereocenters. The van der Waals surface area contributed by atoms with Gasteiger partial charge in [-0.3, -0.25) is 0 Å².